The second kappa shape index (κ2) is 16.6. The Morgan fingerprint density at radius 2 is 1.09 bits per heavy atom. The highest BCUT2D eigenvalue weighted by Crippen LogP contribution is 2.30. The maximum Gasteiger partial charge on any atom is -0.0351 e. The zero-order chi connectivity index (χ0) is 17.2. The Morgan fingerprint density at radius 1 is 0.609 bits per heavy atom. The Bertz CT molecular complexity index is 249. The van der Waals surface area contributed by atoms with Crippen molar-refractivity contribution in [3.8, 4) is 0 Å². The van der Waals surface area contributed by atoms with Crippen LogP contribution in [0.3, 0.4) is 0 Å². The van der Waals surface area contributed by atoms with Gasteiger partial charge >= 0.3 is 0 Å². The minimum absolute atomic E-state index is 0.560. The first kappa shape index (κ1) is 22.7. The number of rotatable bonds is 17. The van der Waals surface area contributed by atoms with E-state index in [1.165, 1.54) is 89.9 Å². The minimum atomic E-state index is 0.560. The molecule has 0 nitrogen and oxygen atoms in total. The smallest absolute Gasteiger partial charge is 0.0351 e. The Kier molecular flexibility index (Phi) is 16.4. The fourth-order valence-electron chi connectivity index (χ4n) is 3.24. The zero-order valence-electron chi connectivity index (χ0n) is 16.4. The third-order valence-corrected chi connectivity index (χ3v) is 4.91. The third kappa shape index (κ3) is 17.9. The molecule has 0 aliphatic rings. The molecule has 0 amide bonds. The molecule has 136 valence electrons. The number of hydrogen-bond donors (Lipinski definition) is 0. The summed E-state index contributed by atoms with van der Waals surface area (Å²) in [5.74, 6) is 0. The van der Waals surface area contributed by atoms with Gasteiger partial charge in [-0.05, 0) is 44.4 Å². The van der Waals surface area contributed by atoms with E-state index in [-0.39, 0.29) is 0 Å². The van der Waals surface area contributed by atoms with E-state index in [2.05, 4.69) is 39.8 Å². The van der Waals surface area contributed by atoms with Crippen molar-refractivity contribution in [3.63, 3.8) is 0 Å². The van der Waals surface area contributed by atoms with Gasteiger partial charge in [-0.2, -0.15) is 0 Å². The molecule has 0 atom stereocenters. The average molecular weight is 321 g/mol. The van der Waals surface area contributed by atoms with Crippen LogP contribution in [0.15, 0.2) is 12.2 Å². The van der Waals surface area contributed by atoms with Gasteiger partial charge in [0.2, 0.25) is 0 Å². The SMILES string of the molecule is [CH2]CC=CCCCCCCCC(C)(C)CCCCCCCC[CH2]. The van der Waals surface area contributed by atoms with E-state index in [4.69, 9.17) is 0 Å². The van der Waals surface area contributed by atoms with Crippen molar-refractivity contribution >= 4 is 0 Å². The molecule has 23 heavy (non-hydrogen) atoms. The predicted octanol–water partition coefficient (Wildman–Crippen LogP) is 8.48. The molecule has 0 aromatic rings. The Morgan fingerprint density at radius 3 is 1.61 bits per heavy atom. The van der Waals surface area contributed by atoms with E-state index in [1.807, 2.05) is 0 Å². The van der Waals surface area contributed by atoms with E-state index >= 15 is 0 Å². The van der Waals surface area contributed by atoms with E-state index in [0.29, 0.717) is 5.41 Å². The van der Waals surface area contributed by atoms with Crippen LogP contribution >= 0.6 is 0 Å². The average Bonchev–Trinajstić information content (AvgIpc) is 2.52. The maximum absolute atomic E-state index is 3.91. The maximum atomic E-state index is 3.91. The standard InChI is InChI=1S/C23H44/c1-5-7-9-11-13-14-16-18-20-22-23(3,4)21-19-17-15-12-10-8-6-2/h7,9H,1-2,5-6,8,10-22H2,3-4H3. The summed E-state index contributed by atoms with van der Waals surface area (Å²) in [7, 11) is 0. The molecule has 2 radical (unpaired) electrons. The molecule has 0 heterocycles. The van der Waals surface area contributed by atoms with E-state index in [9.17, 15) is 0 Å². The molecule has 0 unspecified atom stereocenters. The lowest BCUT2D eigenvalue weighted by Gasteiger charge is -2.24. The van der Waals surface area contributed by atoms with Crippen molar-refractivity contribution in [2.75, 3.05) is 0 Å². The van der Waals surface area contributed by atoms with Crippen LogP contribution in [0.5, 0.6) is 0 Å². The molecule has 0 N–H and O–H groups in total. The summed E-state index contributed by atoms with van der Waals surface area (Å²) in [6.07, 6.45) is 26.0. The number of allylic oxidation sites excluding steroid dienone is 2. The van der Waals surface area contributed by atoms with Gasteiger partial charge in [-0.25, -0.2) is 0 Å². The van der Waals surface area contributed by atoms with E-state index in [1.54, 1.807) is 0 Å². The van der Waals surface area contributed by atoms with E-state index in [0.717, 1.165) is 12.8 Å². The quantitative estimate of drug-likeness (QED) is 0.186. The monoisotopic (exact) mass is 320 g/mol. The van der Waals surface area contributed by atoms with Crippen molar-refractivity contribution in [2.24, 2.45) is 5.41 Å². The molecule has 0 fully saturated rings. The fraction of sp³-hybridized carbons (Fsp3) is 0.826. The molecular formula is C23H44. The van der Waals surface area contributed by atoms with Gasteiger partial charge in [0.05, 0.1) is 0 Å². The highest BCUT2D eigenvalue weighted by atomic mass is 14.2. The highest BCUT2D eigenvalue weighted by molar-refractivity contribution is 4.81. The summed E-state index contributed by atoms with van der Waals surface area (Å²) in [6, 6.07) is 0. The first-order valence-corrected chi connectivity index (χ1v) is 10.4. The minimum Gasteiger partial charge on any atom is -0.0885 e. The third-order valence-electron chi connectivity index (χ3n) is 4.91. The Hall–Kier alpha value is -0.260. The fourth-order valence-corrected chi connectivity index (χ4v) is 3.24. The van der Waals surface area contributed by atoms with Gasteiger partial charge in [-0.15, -0.1) is 0 Å². The first-order valence-electron chi connectivity index (χ1n) is 10.4. The normalized spacial score (nSPS) is 12.3. The highest BCUT2D eigenvalue weighted by Gasteiger charge is 2.16. The lowest BCUT2D eigenvalue weighted by Crippen LogP contribution is -2.11. The molecule has 0 spiro atoms. The van der Waals surface area contributed by atoms with Gasteiger partial charge in [-0.1, -0.05) is 104 Å². The van der Waals surface area contributed by atoms with Crippen molar-refractivity contribution in [1.82, 2.24) is 0 Å². The predicted molar refractivity (Wildman–Crippen MR) is 108 cm³/mol. The number of unbranched alkanes of at least 4 members (excludes halogenated alkanes) is 11. The van der Waals surface area contributed by atoms with Crippen LogP contribution in [0.1, 0.15) is 117 Å². The van der Waals surface area contributed by atoms with Crippen molar-refractivity contribution in [2.45, 2.75) is 117 Å². The van der Waals surface area contributed by atoms with Crippen molar-refractivity contribution in [3.05, 3.63) is 26.0 Å². The van der Waals surface area contributed by atoms with Crippen LogP contribution in [-0.2, 0) is 0 Å². The summed E-state index contributed by atoms with van der Waals surface area (Å²) in [5, 5.41) is 0. The van der Waals surface area contributed by atoms with Crippen LogP contribution in [-0.4, -0.2) is 0 Å². The molecule has 0 saturated carbocycles. The van der Waals surface area contributed by atoms with Crippen LogP contribution in [0, 0.1) is 19.3 Å². The lowest BCUT2D eigenvalue weighted by atomic mass is 9.82. The zero-order valence-corrected chi connectivity index (χ0v) is 16.4. The topological polar surface area (TPSA) is 0 Å². The molecule has 0 aliphatic heterocycles. The lowest BCUT2D eigenvalue weighted by molar-refractivity contribution is 0.282. The molecule has 0 aromatic heterocycles. The summed E-state index contributed by atoms with van der Waals surface area (Å²) < 4.78 is 0. The second-order valence-corrected chi connectivity index (χ2v) is 7.96. The largest absolute Gasteiger partial charge is 0.0885 e. The summed E-state index contributed by atoms with van der Waals surface area (Å²) >= 11 is 0. The molecule has 0 aromatic carbocycles. The molecular weight excluding hydrogens is 276 g/mol. The molecule has 0 rings (SSSR count). The molecule has 0 heteroatoms. The van der Waals surface area contributed by atoms with E-state index < -0.39 is 0 Å². The Balaban J connectivity index is 3.37. The first-order chi connectivity index (χ1) is 11.1. The van der Waals surface area contributed by atoms with Gasteiger partial charge in [0.1, 0.15) is 0 Å². The van der Waals surface area contributed by atoms with Crippen LogP contribution in [0.25, 0.3) is 0 Å². The van der Waals surface area contributed by atoms with Crippen molar-refractivity contribution in [1.29, 1.82) is 0 Å². The summed E-state index contributed by atoms with van der Waals surface area (Å²) in [6.45, 7) is 12.7. The summed E-state index contributed by atoms with van der Waals surface area (Å²) in [5.41, 5.74) is 0.560. The molecule has 0 saturated heterocycles. The number of hydrogen-bond acceptors (Lipinski definition) is 0. The van der Waals surface area contributed by atoms with Gasteiger partial charge in [0.25, 0.3) is 0 Å². The second-order valence-electron chi connectivity index (χ2n) is 7.96. The van der Waals surface area contributed by atoms with Crippen LogP contribution in [0.2, 0.25) is 0 Å². The van der Waals surface area contributed by atoms with Crippen molar-refractivity contribution < 1.29 is 0 Å². The Labute approximate surface area is 148 Å². The molecule has 0 aliphatic carbocycles. The molecule has 0 bridgehead atoms. The summed E-state index contributed by atoms with van der Waals surface area (Å²) in [4.78, 5) is 0. The van der Waals surface area contributed by atoms with Crippen LogP contribution < -0.4 is 0 Å². The van der Waals surface area contributed by atoms with Gasteiger partial charge in [0.15, 0.2) is 0 Å². The van der Waals surface area contributed by atoms with Gasteiger partial charge < -0.3 is 0 Å². The van der Waals surface area contributed by atoms with Crippen LogP contribution in [0.4, 0.5) is 0 Å². The van der Waals surface area contributed by atoms with Gasteiger partial charge in [0, 0.05) is 0 Å². The van der Waals surface area contributed by atoms with Gasteiger partial charge in [-0.3, -0.25) is 0 Å².